The lowest BCUT2D eigenvalue weighted by Gasteiger charge is -2.32. The lowest BCUT2D eigenvalue weighted by atomic mass is 9.70. The summed E-state index contributed by atoms with van der Waals surface area (Å²) in [6, 6.07) is 43.9. The van der Waals surface area contributed by atoms with Crippen molar-refractivity contribution >= 4 is 17.2 Å². The Bertz CT molecular complexity index is 2640. The smallest absolute Gasteiger partial charge is 0.138 e. The minimum Gasteiger partial charge on any atom is -0.507 e. The highest BCUT2D eigenvalue weighted by molar-refractivity contribution is 5.96. The number of hydrogen-bond acceptors (Lipinski definition) is 4. The number of phenols is 1. The predicted octanol–water partition coefficient (Wildman–Crippen LogP) is 13.8. The van der Waals surface area contributed by atoms with Crippen LogP contribution in [0.1, 0.15) is 110 Å². The van der Waals surface area contributed by atoms with E-state index in [0.29, 0.717) is 11.8 Å². The van der Waals surface area contributed by atoms with Crippen LogP contribution in [0.3, 0.4) is 0 Å². The van der Waals surface area contributed by atoms with Crippen LogP contribution in [0.15, 0.2) is 128 Å². The average molecular weight is 746 g/mol. The van der Waals surface area contributed by atoms with Crippen LogP contribution in [0, 0.1) is 13.8 Å². The van der Waals surface area contributed by atoms with Gasteiger partial charge in [-0.1, -0.05) is 133 Å². The van der Waals surface area contributed by atoms with Crippen molar-refractivity contribution in [3.05, 3.63) is 178 Å². The Labute approximate surface area is 337 Å². The molecule has 4 nitrogen and oxygen atoms in total. The van der Waals surface area contributed by atoms with E-state index in [4.69, 9.17) is 9.97 Å². The first-order valence-corrected chi connectivity index (χ1v) is 20.4. The van der Waals surface area contributed by atoms with Gasteiger partial charge in [-0.3, -0.25) is 9.88 Å². The highest BCUT2D eigenvalue weighted by atomic mass is 16.3. The molecule has 0 atom stereocenters. The second kappa shape index (κ2) is 13.3. The fourth-order valence-corrected chi connectivity index (χ4v) is 9.43. The van der Waals surface area contributed by atoms with Crippen LogP contribution in [0.4, 0.5) is 17.2 Å². The second-order valence-electron chi connectivity index (χ2n) is 17.7. The van der Waals surface area contributed by atoms with Crippen LogP contribution in [0.25, 0.3) is 33.6 Å². The normalized spacial score (nSPS) is 13.5. The van der Waals surface area contributed by atoms with Crippen LogP contribution in [0.5, 0.6) is 5.75 Å². The van der Waals surface area contributed by atoms with Crippen molar-refractivity contribution in [1.82, 2.24) is 9.97 Å². The van der Waals surface area contributed by atoms with Crippen LogP contribution < -0.4 is 4.90 Å². The van der Waals surface area contributed by atoms with Gasteiger partial charge in [-0.05, 0) is 129 Å². The fraction of sp³-hybridized carbons (Fsp3) is 0.245. The maximum atomic E-state index is 12.0. The van der Waals surface area contributed by atoms with Gasteiger partial charge in [0.2, 0.25) is 0 Å². The molecule has 284 valence electrons. The van der Waals surface area contributed by atoms with Gasteiger partial charge in [0, 0.05) is 23.0 Å². The molecule has 0 radical (unpaired) electrons. The predicted molar refractivity (Wildman–Crippen MR) is 236 cm³/mol. The molecule has 0 saturated heterocycles. The Hall–Kier alpha value is -6.00. The Morgan fingerprint density at radius 3 is 1.88 bits per heavy atom. The summed E-state index contributed by atoms with van der Waals surface area (Å²) in [5.74, 6) is 1.76. The molecule has 2 aliphatic rings. The van der Waals surface area contributed by atoms with Gasteiger partial charge in [0.15, 0.2) is 0 Å². The molecule has 0 unspecified atom stereocenters. The van der Waals surface area contributed by atoms with E-state index < -0.39 is 5.41 Å². The topological polar surface area (TPSA) is 49.2 Å². The molecular formula is C53H51N3O. The van der Waals surface area contributed by atoms with E-state index in [1.807, 2.05) is 30.5 Å². The molecule has 7 aromatic rings. The molecule has 0 fully saturated rings. The van der Waals surface area contributed by atoms with Gasteiger partial charge in [0.1, 0.15) is 11.6 Å². The number of aryl methyl sites for hydroxylation is 2. The summed E-state index contributed by atoms with van der Waals surface area (Å²) in [6.45, 7) is 20.3. The summed E-state index contributed by atoms with van der Waals surface area (Å²) < 4.78 is 0. The third-order valence-corrected chi connectivity index (χ3v) is 12.4. The third-order valence-electron chi connectivity index (χ3n) is 12.4. The van der Waals surface area contributed by atoms with Crippen molar-refractivity contribution in [3.63, 3.8) is 0 Å². The van der Waals surface area contributed by atoms with Gasteiger partial charge in [0.05, 0.1) is 22.5 Å². The molecular weight excluding hydrogens is 695 g/mol. The first-order chi connectivity index (χ1) is 27.3. The fourth-order valence-electron chi connectivity index (χ4n) is 9.43. The SMILES string of the molecule is Cc1cc(C(C)(C)C)cc(C)c1N(c1cccc(-c2ccccn2)c1)c1ccc2c(n1)-c1c(O)cccc1C21c2cc(C(C)C)ccc2-c2ccc(C(C)C)cc21. The number of rotatable bonds is 6. The number of anilines is 3. The third kappa shape index (κ3) is 5.63. The quantitative estimate of drug-likeness (QED) is 0.184. The maximum Gasteiger partial charge on any atom is 0.138 e. The number of phenolic OH excluding ortho intramolecular Hbond substituents is 1. The number of hydrogen-bond donors (Lipinski definition) is 1. The molecule has 1 spiro atoms. The minimum absolute atomic E-state index is 0.00210. The number of benzene rings is 5. The lowest BCUT2D eigenvalue weighted by Crippen LogP contribution is -2.26. The van der Waals surface area contributed by atoms with E-state index in [1.54, 1.807) is 0 Å². The Morgan fingerprint density at radius 2 is 1.28 bits per heavy atom. The summed E-state index contributed by atoms with van der Waals surface area (Å²) in [4.78, 5) is 12.7. The van der Waals surface area contributed by atoms with Crippen LogP contribution >= 0.6 is 0 Å². The van der Waals surface area contributed by atoms with E-state index in [9.17, 15) is 5.11 Å². The summed E-state index contributed by atoms with van der Waals surface area (Å²) in [6.07, 6.45) is 1.84. The van der Waals surface area contributed by atoms with Crippen LogP contribution in [-0.2, 0) is 10.8 Å². The first-order valence-electron chi connectivity index (χ1n) is 20.4. The molecule has 1 N–H and O–H groups in total. The highest BCUT2D eigenvalue weighted by Crippen LogP contribution is 2.64. The van der Waals surface area contributed by atoms with Gasteiger partial charge in [-0.15, -0.1) is 0 Å². The van der Waals surface area contributed by atoms with Gasteiger partial charge in [0.25, 0.3) is 0 Å². The van der Waals surface area contributed by atoms with E-state index in [-0.39, 0.29) is 11.2 Å². The van der Waals surface area contributed by atoms with Crippen molar-refractivity contribution in [3.8, 4) is 39.4 Å². The van der Waals surface area contributed by atoms with E-state index in [2.05, 4.69) is 164 Å². The van der Waals surface area contributed by atoms with Crippen molar-refractivity contribution < 1.29 is 5.11 Å². The summed E-state index contributed by atoms with van der Waals surface area (Å²) in [5.41, 5.74) is 18.4. The van der Waals surface area contributed by atoms with Crippen LogP contribution in [-0.4, -0.2) is 15.1 Å². The highest BCUT2D eigenvalue weighted by Gasteiger charge is 2.53. The summed E-state index contributed by atoms with van der Waals surface area (Å²) >= 11 is 0. The molecule has 2 aliphatic carbocycles. The second-order valence-corrected chi connectivity index (χ2v) is 17.7. The zero-order valence-corrected chi connectivity index (χ0v) is 34.6. The molecule has 5 aromatic carbocycles. The van der Waals surface area contributed by atoms with Gasteiger partial charge >= 0.3 is 0 Å². The Balaban J connectivity index is 1.34. The maximum absolute atomic E-state index is 12.0. The summed E-state index contributed by atoms with van der Waals surface area (Å²) in [7, 11) is 0. The molecule has 0 aliphatic heterocycles. The number of aromatic hydroxyl groups is 1. The molecule has 57 heavy (non-hydrogen) atoms. The Kier molecular flexibility index (Phi) is 8.55. The van der Waals surface area contributed by atoms with E-state index in [1.165, 1.54) is 50.1 Å². The molecule has 2 aromatic heterocycles. The lowest BCUT2D eigenvalue weighted by molar-refractivity contribution is 0.476. The molecule has 2 heterocycles. The standard InChI is InChI=1S/C53H51N3O/c1-31(2)35-19-21-40-41-22-20-36(32(3)4)30-45(41)53(44(40)29-35)42-16-13-18-47(57)49(42)50-43(53)23-24-48(55-50)56(51-33(5)26-38(27-34(51)6)52(7,8)9)39-15-12-14-37(28-39)46-17-10-11-25-54-46/h10-32,57H,1-9H3. The first kappa shape index (κ1) is 36.6. The van der Waals surface area contributed by atoms with Crippen molar-refractivity contribution in [2.45, 2.75) is 85.0 Å². The summed E-state index contributed by atoms with van der Waals surface area (Å²) in [5, 5.41) is 12.0. The average Bonchev–Trinajstić information content (AvgIpc) is 3.66. The molecule has 0 amide bonds. The van der Waals surface area contributed by atoms with Crippen LogP contribution in [0.2, 0.25) is 0 Å². The number of fused-ring (bicyclic) bond motifs is 10. The molecule has 4 heteroatoms. The number of aromatic nitrogens is 2. The zero-order valence-electron chi connectivity index (χ0n) is 34.6. The Morgan fingerprint density at radius 1 is 0.632 bits per heavy atom. The van der Waals surface area contributed by atoms with E-state index >= 15 is 0 Å². The van der Waals surface area contributed by atoms with Crippen molar-refractivity contribution in [1.29, 1.82) is 0 Å². The minimum atomic E-state index is -0.640. The van der Waals surface area contributed by atoms with Gasteiger partial charge in [-0.2, -0.15) is 0 Å². The zero-order chi connectivity index (χ0) is 40.0. The molecule has 0 saturated carbocycles. The van der Waals surface area contributed by atoms with Gasteiger partial charge in [-0.25, -0.2) is 4.98 Å². The molecule has 9 rings (SSSR count). The van der Waals surface area contributed by atoms with Crippen molar-refractivity contribution in [2.24, 2.45) is 0 Å². The largest absolute Gasteiger partial charge is 0.507 e. The number of pyridine rings is 2. The monoisotopic (exact) mass is 745 g/mol. The molecule has 0 bridgehead atoms. The van der Waals surface area contributed by atoms with Crippen molar-refractivity contribution in [2.75, 3.05) is 4.90 Å². The van der Waals surface area contributed by atoms with Gasteiger partial charge < -0.3 is 5.11 Å². The van der Waals surface area contributed by atoms with E-state index in [0.717, 1.165) is 50.8 Å². The number of nitrogens with zero attached hydrogens (tertiary/aromatic N) is 3.